The van der Waals surface area contributed by atoms with Crippen molar-refractivity contribution in [3.8, 4) is 11.4 Å². The zero-order valence-electron chi connectivity index (χ0n) is 15.6. The number of nitrogens with zero attached hydrogens (tertiary/aromatic N) is 3. The number of benzene rings is 1. The second-order valence-corrected chi connectivity index (χ2v) is 6.87. The van der Waals surface area contributed by atoms with Gasteiger partial charge in [-0.3, -0.25) is 14.8 Å². The van der Waals surface area contributed by atoms with Crippen molar-refractivity contribution in [3.05, 3.63) is 83.8 Å². The van der Waals surface area contributed by atoms with Crippen LogP contribution in [-0.4, -0.2) is 27.5 Å². The van der Waals surface area contributed by atoms with Crippen molar-refractivity contribution in [1.82, 2.24) is 15.0 Å². The van der Waals surface area contributed by atoms with Crippen molar-refractivity contribution in [2.75, 3.05) is 11.9 Å². The third-order valence-corrected chi connectivity index (χ3v) is 4.95. The Morgan fingerprint density at radius 3 is 2.79 bits per heavy atom. The number of nitrogens with one attached hydrogen (secondary N) is 1. The van der Waals surface area contributed by atoms with Crippen LogP contribution >= 0.6 is 0 Å². The molecule has 4 heterocycles. The van der Waals surface area contributed by atoms with Gasteiger partial charge in [0.15, 0.2) is 0 Å². The van der Waals surface area contributed by atoms with E-state index in [9.17, 15) is 4.79 Å². The second kappa shape index (κ2) is 7.41. The van der Waals surface area contributed by atoms with Gasteiger partial charge in [-0.15, -0.1) is 0 Å². The summed E-state index contributed by atoms with van der Waals surface area (Å²) < 4.78 is 5.50. The summed E-state index contributed by atoms with van der Waals surface area (Å²) in [6.45, 7) is 1.21. The molecule has 5 rings (SSSR count). The van der Waals surface area contributed by atoms with E-state index in [1.54, 1.807) is 18.5 Å². The Morgan fingerprint density at radius 1 is 1.00 bits per heavy atom. The van der Waals surface area contributed by atoms with E-state index in [1.165, 1.54) is 0 Å². The number of ether oxygens (including phenoxy) is 1. The third-order valence-electron chi connectivity index (χ3n) is 4.95. The van der Waals surface area contributed by atoms with Gasteiger partial charge in [0.2, 0.25) is 0 Å². The van der Waals surface area contributed by atoms with Crippen molar-refractivity contribution >= 4 is 22.5 Å². The molecule has 4 aromatic rings. The molecule has 6 nitrogen and oxygen atoms in total. The molecule has 1 N–H and O–H groups in total. The van der Waals surface area contributed by atoms with Crippen LogP contribution in [0.5, 0.6) is 0 Å². The normalized spacial score (nSPS) is 13.1. The van der Waals surface area contributed by atoms with Crippen LogP contribution in [-0.2, 0) is 17.8 Å². The quantitative estimate of drug-likeness (QED) is 0.579. The summed E-state index contributed by atoms with van der Waals surface area (Å²) in [7, 11) is 0. The average Bonchev–Trinajstić information content (AvgIpc) is 2.79. The van der Waals surface area contributed by atoms with E-state index in [4.69, 9.17) is 4.74 Å². The number of hydrogen-bond acceptors (Lipinski definition) is 5. The van der Waals surface area contributed by atoms with Crippen LogP contribution in [0.25, 0.3) is 22.3 Å². The van der Waals surface area contributed by atoms with Crippen LogP contribution in [0.3, 0.4) is 0 Å². The number of hydrogen-bond donors (Lipinski definition) is 1. The van der Waals surface area contributed by atoms with Gasteiger partial charge in [-0.25, -0.2) is 4.98 Å². The summed E-state index contributed by atoms with van der Waals surface area (Å²) in [5.74, 6) is -0.209. The molecular formula is C23H18N4O2. The Labute approximate surface area is 167 Å². The molecule has 142 valence electrons. The lowest BCUT2D eigenvalue weighted by Gasteiger charge is -2.16. The molecule has 1 aromatic carbocycles. The molecule has 1 aliphatic heterocycles. The summed E-state index contributed by atoms with van der Waals surface area (Å²) >= 11 is 0. The zero-order chi connectivity index (χ0) is 19.6. The van der Waals surface area contributed by atoms with Crippen molar-refractivity contribution in [2.45, 2.75) is 13.0 Å². The van der Waals surface area contributed by atoms with E-state index < -0.39 is 0 Å². The number of carbonyl (C=O) groups is 1. The Kier molecular flexibility index (Phi) is 4.46. The number of para-hydroxylation sites is 1. The lowest BCUT2D eigenvalue weighted by Crippen LogP contribution is -2.16. The minimum absolute atomic E-state index is 0.209. The van der Waals surface area contributed by atoms with Crippen LogP contribution < -0.4 is 5.32 Å². The first-order chi connectivity index (χ1) is 14.3. The second-order valence-electron chi connectivity index (χ2n) is 6.87. The summed E-state index contributed by atoms with van der Waals surface area (Å²) in [5.41, 5.74) is 5.37. The molecule has 0 fully saturated rings. The standard InChI is InChI=1S/C23H18N4O2/c28-23(26-16-11-15-14-29-10-8-19(15)25-13-16)18-12-22(21-7-3-4-9-24-21)27-20-6-2-1-5-17(18)20/h1-7,9,11-13H,8,10,14H2,(H,26,28). The van der Waals surface area contributed by atoms with Gasteiger partial charge < -0.3 is 10.1 Å². The molecule has 1 amide bonds. The van der Waals surface area contributed by atoms with E-state index in [0.717, 1.165) is 34.3 Å². The van der Waals surface area contributed by atoms with E-state index in [0.29, 0.717) is 30.2 Å². The maximum atomic E-state index is 13.2. The van der Waals surface area contributed by atoms with Crippen molar-refractivity contribution in [3.63, 3.8) is 0 Å². The summed E-state index contributed by atoms with van der Waals surface area (Å²) in [4.78, 5) is 26.7. The molecule has 3 aromatic heterocycles. The number of rotatable bonds is 3. The molecule has 0 saturated carbocycles. The van der Waals surface area contributed by atoms with Crippen LogP contribution in [0.4, 0.5) is 5.69 Å². The molecule has 0 unspecified atom stereocenters. The molecule has 6 heteroatoms. The number of anilines is 1. The molecule has 0 bridgehead atoms. The van der Waals surface area contributed by atoms with Crippen LogP contribution in [0.1, 0.15) is 21.6 Å². The van der Waals surface area contributed by atoms with Crippen LogP contribution in [0, 0.1) is 0 Å². The highest BCUT2D eigenvalue weighted by Crippen LogP contribution is 2.25. The molecule has 29 heavy (non-hydrogen) atoms. The maximum absolute atomic E-state index is 13.2. The first-order valence-electron chi connectivity index (χ1n) is 9.46. The fourth-order valence-corrected chi connectivity index (χ4v) is 3.52. The lowest BCUT2D eigenvalue weighted by atomic mass is 10.1. The first kappa shape index (κ1) is 17.5. The third kappa shape index (κ3) is 3.46. The van der Waals surface area contributed by atoms with Crippen LogP contribution in [0.15, 0.2) is 67.0 Å². The van der Waals surface area contributed by atoms with Gasteiger partial charge in [0.1, 0.15) is 0 Å². The molecule has 0 saturated heterocycles. The van der Waals surface area contributed by atoms with Crippen LogP contribution in [0.2, 0.25) is 0 Å². The van der Waals surface area contributed by atoms with Crippen molar-refractivity contribution in [1.29, 1.82) is 0 Å². The predicted octanol–water partition coefficient (Wildman–Crippen LogP) is 4.02. The fraction of sp³-hybridized carbons (Fsp3) is 0.130. The number of amides is 1. The lowest BCUT2D eigenvalue weighted by molar-refractivity contribution is 0.102. The highest BCUT2D eigenvalue weighted by molar-refractivity contribution is 6.13. The molecular weight excluding hydrogens is 364 g/mol. The fourth-order valence-electron chi connectivity index (χ4n) is 3.52. The Bertz CT molecular complexity index is 1210. The van der Waals surface area contributed by atoms with Gasteiger partial charge in [0.05, 0.1) is 47.6 Å². The highest BCUT2D eigenvalue weighted by atomic mass is 16.5. The van der Waals surface area contributed by atoms with E-state index in [-0.39, 0.29) is 5.91 Å². The molecule has 0 aliphatic carbocycles. The average molecular weight is 382 g/mol. The SMILES string of the molecule is O=C(Nc1cnc2c(c1)COCC2)c1cc(-c2ccccn2)nc2ccccc12. The van der Waals surface area contributed by atoms with Gasteiger partial charge in [0.25, 0.3) is 5.91 Å². The minimum Gasteiger partial charge on any atom is -0.376 e. The smallest absolute Gasteiger partial charge is 0.256 e. The van der Waals surface area contributed by atoms with E-state index in [2.05, 4.69) is 20.3 Å². The maximum Gasteiger partial charge on any atom is 0.256 e. The van der Waals surface area contributed by atoms with Gasteiger partial charge >= 0.3 is 0 Å². The highest BCUT2D eigenvalue weighted by Gasteiger charge is 2.16. The zero-order valence-corrected chi connectivity index (χ0v) is 15.6. The van der Waals surface area contributed by atoms with Crippen molar-refractivity contribution in [2.24, 2.45) is 0 Å². The molecule has 0 atom stereocenters. The summed E-state index contributed by atoms with van der Waals surface area (Å²) in [6.07, 6.45) is 4.21. The molecule has 1 aliphatic rings. The largest absolute Gasteiger partial charge is 0.376 e. The van der Waals surface area contributed by atoms with E-state index >= 15 is 0 Å². The molecule has 0 radical (unpaired) electrons. The summed E-state index contributed by atoms with van der Waals surface area (Å²) in [5, 5.41) is 3.76. The van der Waals surface area contributed by atoms with Gasteiger partial charge in [-0.05, 0) is 30.3 Å². The van der Waals surface area contributed by atoms with Gasteiger partial charge in [0, 0.05) is 29.3 Å². The Balaban J connectivity index is 1.54. The first-order valence-corrected chi connectivity index (χ1v) is 9.46. The van der Waals surface area contributed by atoms with Gasteiger partial charge in [-0.1, -0.05) is 24.3 Å². The number of pyridine rings is 3. The number of carbonyl (C=O) groups excluding carboxylic acids is 1. The Hall–Kier alpha value is -3.64. The monoisotopic (exact) mass is 382 g/mol. The van der Waals surface area contributed by atoms with E-state index in [1.807, 2.05) is 48.5 Å². The van der Waals surface area contributed by atoms with Gasteiger partial charge in [-0.2, -0.15) is 0 Å². The number of aromatic nitrogens is 3. The molecule has 0 spiro atoms. The minimum atomic E-state index is -0.209. The predicted molar refractivity (Wildman–Crippen MR) is 111 cm³/mol. The topological polar surface area (TPSA) is 77.0 Å². The van der Waals surface area contributed by atoms with Crippen molar-refractivity contribution < 1.29 is 9.53 Å². The Morgan fingerprint density at radius 2 is 1.90 bits per heavy atom. The number of fused-ring (bicyclic) bond motifs is 2. The summed E-state index contributed by atoms with van der Waals surface area (Å²) in [6, 6.07) is 17.0.